The van der Waals surface area contributed by atoms with Gasteiger partial charge in [0.15, 0.2) is 0 Å². The zero-order chi connectivity index (χ0) is 21.9. The van der Waals surface area contributed by atoms with Gasteiger partial charge in [-0.25, -0.2) is 4.98 Å². The van der Waals surface area contributed by atoms with Crippen LogP contribution in [0.5, 0.6) is 0 Å². The van der Waals surface area contributed by atoms with Gasteiger partial charge < -0.3 is 0 Å². The van der Waals surface area contributed by atoms with Gasteiger partial charge in [0, 0.05) is 29.1 Å². The summed E-state index contributed by atoms with van der Waals surface area (Å²) in [5, 5.41) is 0. The SMILES string of the molecule is CC(C)c1ccccc1-c1nccn1-c1c(-c2ccccc2)cccc1-c1ccccc1. The van der Waals surface area contributed by atoms with E-state index in [4.69, 9.17) is 4.98 Å². The quantitative estimate of drug-likeness (QED) is 0.285. The number of para-hydroxylation sites is 1. The highest BCUT2D eigenvalue weighted by atomic mass is 15.1. The van der Waals surface area contributed by atoms with E-state index in [0.29, 0.717) is 5.92 Å². The molecule has 156 valence electrons. The van der Waals surface area contributed by atoms with Crippen LogP contribution in [0.15, 0.2) is 116 Å². The second-order valence-corrected chi connectivity index (χ2v) is 8.30. The lowest BCUT2D eigenvalue weighted by Gasteiger charge is -2.20. The van der Waals surface area contributed by atoms with E-state index in [9.17, 15) is 0 Å². The Morgan fingerprint density at radius 2 is 1.12 bits per heavy atom. The van der Waals surface area contributed by atoms with E-state index in [1.807, 2.05) is 6.20 Å². The number of hydrogen-bond donors (Lipinski definition) is 0. The summed E-state index contributed by atoms with van der Waals surface area (Å²) >= 11 is 0. The highest BCUT2D eigenvalue weighted by Crippen LogP contribution is 2.38. The first kappa shape index (κ1) is 20.0. The molecule has 0 fully saturated rings. The Morgan fingerprint density at radius 1 is 0.594 bits per heavy atom. The van der Waals surface area contributed by atoms with Crippen molar-refractivity contribution in [3.8, 4) is 39.3 Å². The highest BCUT2D eigenvalue weighted by molar-refractivity contribution is 5.86. The van der Waals surface area contributed by atoms with Crippen LogP contribution < -0.4 is 0 Å². The fraction of sp³-hybridized carbons (Fsp3) is 0.100. The molecule has 32 heavy (non-hydrogen) atoms. The summed E-state index contributed by atoms with van der Waals surface area (Å²) in [6.45, 7) is 4.47. The zero-order valence-electron chi connectivity index (χ0n) is 18.4. The maximum atomic E-state index is 4.84. The van der Waals surface area contributed by atoms with Crippen LogP contribution in [0.3, 0.4) is 0 Å². The molecule has 2 heteroatoms. The Hall–Kier alpha value is -3.91. The van der Waals surface area contributed by atoms with Crippen LogP contribution in [0.25, 0.3) is 39.3 Å². The van der Waals surface area contributed by atoms with E-state index >= 15 is 0 Å². The molecular weight excluding hydrogens is 388 g/mol. The Kier molecular flexibility index (Phi) is 5.43. The fourth-order valence-electron chi connectivity index (χ4n) is 4.39. The molecule has 0 aliphatic heterocycles. The number of nitrogens with zero attached hydrogens (tertiary/aromatic N) is 2. The van der Waals surface area contributed by atoms with Crippen LogP contribution in [0, 0.1) is 0 Å². The molecule has 1 heterocycles. The van der Waals surface area contributed by atoms with Crippen molar-refractivity contribution in [2.45, 2.75) is 19.8 Å². The van der Waals surface area contributed by atoms with Crippen LogP contribution in [0.1, 0.15) is 25.3 Å². The van der Waals surface area contributed by atoms with Gasteiger partial charge in [-0.1, -0.05) is 117 Å². The third-order valence-electron chi connectivity index (χ3n) is 5.91. The lowest BCUT2D eigenvalue weighted by molar-refractivity contribution is 0.865. The molecule has 0 unspecified atom stereocenters. The summed E-state index contributed by atoms with van der Waals surface area (Å²) < 4.78 is 2.26. The first-order valence-corrected chi connectivity index (χ1v) is 11.1. The van der Waals surface area contributed by atoms with Crippen molar-refractivity contribution in [3.63, 3.8) is 0 Å². The van der Waals surface area contributed by atoms with Gasteiger partial charge in [-0.15, -0.1) is 0 Å². The van der Waals surface area contributed by atoms with Crippen LogP contribution >= 0.6 is 0 Å². The number of hydrogen-bond acceptors (Lipinski definition) is 1. The van der Waals surface area contributed by atoms with Gasteiger partial charge in [0.2, 0.25) is 0 Å². The third-order valence-corrected chi connectivity index (χ3v) is 5.91. The van der Waals surface area contributed by atoms with Gasteiger partial charge >= 0.3 is 0 Å². The van der Waals surface area contributed by atoms with E-state index in [-0.39, 0.29) is 0 Å². The van der Waals surface area contributed by atoms with Gasteiger partial charge in [0.25, 0.3) is 0 Å². The van der Waals surface area contributed by atoms with Crippen molar-refractivity contribution in [2.75, 3.05) is 0 Å². The molecule has 0 N–H and O–H groups in total. The maximum absolute atomic E-state index is 4.84. The average Bonchev–Trinajstić information content (AvgIpc) is 3.34. The first-order valence-electron chi connectivity index (χ1n) is 11.1. The molecule has 0 radical (unpaired) electrons. The van der Waals surface area contributed by atoms with Gasteiger partial charge in [0.05, 0.1) is 5.69 Å². The van der Waals surface area contributed by atoms with E-state index in [2.05, 4.69) is 128 Å². The smallest absolute Gasteiger partial charge is 0.144 e. The van der Waals surface area contributed by atoms with Crippen LogP contribution in [-0.2, 0) is 0 Å². The Bertz CT molecular complexity index is 1270. The Balaban J connectivity index is 1.81. The number of aromatic nitrogens is 2. The predicted molar refractivity (Wildman–Crippen MR) is 134 cm³/mol. The molecule has 0 atom stereocenters. The second-order valence-electron chi connectivity index (χ2n) is 8.30. The van der Waals surface area contributed by atoms with E-state index in [1.54, 1.807) is 0 Å². The summed E-state index contributed by atoms with van der Waals surface area (Å²) in [5.74, 6) is 1.38. The minimum atomic E-state index is 0.411. The average molecular weight is 415 g/mol. The summed E-state index contributed by atoms with van der Waals surface area (Å²) in [6, 6.07) is 36.3. The Labute approximate surface area is 189 Å². The highest BCUT2D eigenvalue weighted by Gasteiger charge is 2.19. The molecule has 0 spiro atoms. The topological polar surface area (TPSA) is 17.8 Å². The molecule has 0 saturated carbocycles. The molecule has 0 amide bonds. The molecule has 0 aliphatic rings. The van der Waals surface area contributed by atoms with E-state index in [1.165, 1.54) is 33.4 Å². The molecular formula is C30H26N2. The van der Waals surface area contributed by atoms with E-state index in [0.717, 1.165) is 11.5 Å². The molecule has 0 aliphatic carbocycles. The molecule has 0 saturated heterocycles. The normalized spacial score (nSPS) is 11.1. The van der Waals surface area contributed by atoms with Crippen molar-refractivity contribution in [2.24, 2.45) is 0 Å². The number of imidazole rings is 1. The van der Waals surface area contributed by atoms with Crippen molar-refractivity contribution < 1.29 is 0 Å². The van der Waals surface area contributed by atoms with Crippen LogP contribution in [-0.4, -0.2) is 9.55 Å². The zero-order valence-corrected chi connectivity index (χ0v) is 18.4. The third kappa shape index (κ3) is 3.65. The van der Waals surface area contributed by atoms with Crippen molar-refractivity contribution >= 4 is 0 Å². The largest absolute Gasteiger partial charge is 0.299 e. The van der Waals surface area contributed by atoms with Gasteiger partial charge in [-0.2, -0.15) is 0 Å². The van der Waals surface area contributed by atoms with Crippen LogP contribution in [0.2, 0.25) is 0 Å². The molecule has 5 rings (SSSR count). The minimum Gasteiger partial charge on any atom is -0.299 e. The van der Waals surface area contributed by atoms with Crippen molar-refractivity contribution in [1.82, 2.24) is 9.55 Å². The number of rotatable bonds is 5. The predicted octanol–water partition coefficient (Wildman–Crippen LogP) is 8.00. The van der Waals surface area contributed by atoms with Gasteiger partial charge in [-0.3, -0.25) is 4.57 Å². The number of benzene rings is 4. The minimum absolute atomic E-state index is 0.411. The molecule has 1 aromatic heterocycles. The second kappa shape index (κ2) is 8.68. The summed E-state index contributed by atoms with van der Waals surface area (Å²) in [4.78, 5) is 4.84. The van der Waals surface area contributed by atoms with Crippen LogP contribution in [0.4, 0.5) is 0 Å². The summed E-state index contributed by atoms with van der Waals surface area (Å²) in [6.07, 6.45) is 3.99. The lowest BCUT2D eigenvalue weighted by Crippen LogP contribution is -2.04. The summed E-state index contributed by atoms with van der Waals surface area (Å²) in [7, 11) is 0. The maximum Gasteiger partial charge on any atom is 0.144 e. The van der Waals surface area contributed by atoms with Gasteiger partial charge in [-0.05, 0) is 22.6 Å². The van der Waals surface area contributed by atoms with Gasteiger partial charge in [0.1, 0.15) is 5.82 Å². The molecule has 0 bridgehead atoms. The lowest BCUT2D eigenvalue weighted by atomic mass is 9.94. The van der Waals surface area contributed by atoms with E-state index < -0.39 is 0 Å². The molecule has 2 nitrogen and oxygen atoms in total. The molecule has 5 aromatic rings. The van der Waals surface area contributed by atoms with Crippen molar-refractivity contribution in [3.05, 3.63) is 121 Å². The Morgan fingerprint density at radius 3 is 1.72 bits per heavy atom. The first-order chi connectivity index (χ1) is 15.7. The summed E-state index contributed by atoms with van der Waals surface area (Å²) in [5.41, 5.74) is 8.39. The molecule has 4 aromatic carbocycles. The monoisotopic (exact) mass is 414 g/mol. The standard InChI is InChI=1S/C30H26N2/c1-22(2)25-16-9-10-17-28(25)30-31-20-21-32(30)29-26(23-12-5-3-6-13-23)18-11-19-27(29)24-14-7-4-8-15-24/h3-22H,1-2H3. The fourth-order valence-corrected chi connectivity index (χ4v) is 4.39. The van der Waals surface area contributed by atoms with Crippen molar-refractivity contribution in [1.29, 1.82) is 0 Å².